The summed E-state index contributed by atoms with van der Waals surface area (Å²) in [5.74, 6) is -0.273. The summed E-state index contributed by atoms with van der Waals surface area (Å²) in [5.41, 5.74) is 5.96. The molecular formula is C30H55NO6. The number of carboxylic acids is 2. The number of rotatable bonds is 15. The standard InChI is InChI=1S/C15H29NO2.C15H26O4/c1-12(10-14(16)11-15(17)18-2)8-9-13-6-4-3-5-7-13;1-11(7-8-12-5-3-2-4-6-12)9-13(15(18)19)10-14(16)17/h12-14H,3-11,16H2,1-2H3;11-13H,2-10H2,1H3,(H,16,17)(H,18,19)/t12-,14+;11-,13+/m11/s1. The minimum atomic E-state index is -1.02. The molecule has 0 aromatic carbocycles. The molecule has 7 nitrogen and oxygen atoms in total. The average molecular weight is 526 g/mol. The van der Waals surface area contributed by atoms with Crippen molar-refractivity contribution in [2.75, 3.05) is 7.11 Å². The summed E-state index contributed by atoms with van der Waals surface area (Å²) in [7, 11) is 1.42. The highest BCUT2D eigenvalue weighted by Crippen LogP contribution is 2.31. The Kier molecular flexibility index (Phi) is 17.5. The maximum Gasteiger partial charge on any atom is 0.307 e. The number of ether oxygens (including phenoxy) is 1. The van der Waals surface area contributed by atoms with Gasteiger partial charge in [0.1, 0.15) is 0 Å². The molecule has 0 spiro atoms. The minimum absolute atomic E-state index is 0.0428. The fourth-order valence-corrected chi connectivity index (χ4v) is 6.09. The normalized spacial score (nSPS) is 20.1. The molecule has 0 aliphatic heterocycles. The quantitative estimate of drug-likeness (QED) is 0.200. The van der Waals surface area contributed by atoms with Gasteiger partial charge >= 0.3 is 17.9 Å². The van der Waals surface area contributed by atoms with E-state index in [1.165, 1.54) is 90.6 Å². The van der Waals surface area contributed by atoms with Crippen molar-refractivity contribution in [3.8, 4) is 0 Å². The summed E-state index contributed by atoms with van der Waals surface area (Å²) in [5, 5.41) is 17.7. The molecule has 0 bridgehead atoms. The molecular weight excluding hydrogens is 470 g/mol. The zero-order valence-electron chi connectivity index (χ0n) is 23.8. The Morgan fingerprint density at radius 1 is 0.784 bits per heavy atom. The van der Waals surface area contributed by atoms with E-state index in [0.29, 0.717) is 24.7 Å². The van der Waals surface area contributed by atoms with Crippen molar-refractivity contribution < 1.29 is 29.3 Å². The Morgan fingerprint density at radius 2 is 1.24 bits per heavy atom. The molecule has 4 N–H and O–H groups in total. The fourth-order valence-electron chi connectivity index (χ4n) is 6.09. The van der Waals surface area contributed by atoms with Gasteiger partial charge in [-0.25, -0.2) is 0 Å². The first-order valence-corrected chi connectivity index (χ1v) is 14.9. The van der Waals surface area contributed by atoms with Crippen molar-refractivity contribution >= 4 is 17.9 Å². The van der Waals surface area contributed by atoms with Crippen LogP contribution in [-0.2, 0) is 19.1 Å². The lowest BCUT2D eigenvalue weighted by molar-refractivity contribution is -0.148. The van der Waals surface area contributed by atoms with Gasteiger partial charge in [0.2, 0.25) is 0 Å². The molecule has 7 heteroatoms. The van der Waals surface area contributed by atoms with Gasteiger partial charge in [-0.15, -0.1) is 0 Å². The molecule has 4 atom stereocenters. The highest BCUT2D eigenvalue weighted by Gasteiger charge is 2.24. The number of methoxy groups -OCH3 is 1. The van der Waals surface area contributed by atoms with Crippen LogP contribution in [0.2, 0.25) is 0 Å². The van der Waals surface area contributed by atoms with Crippen LogP contribution in [0.15, 0.2) is 0 Å². The lowest BCUT2D eigenvalue weighted by Crippen LogP contribution is -2.26. The third kappa shape index (κ3) is 16.7. The Morgan fingerprint density at radius 3 is 1.65 bits per heavy atom. The van der Waals surface area contributed by atoms with Gasteiger partial charge < -0.3 is 20.7 Å². The van der Waals surface area contributed by atoms with Crippen molar-refractivity contribution in [3.05, 3.63) is 0 Å². The first-order chi connectivity index (χ1) is 17.6. The Hall–Kier alpha value is -1.63. The maximum absolute atomic E-state index is 11.1. The van der Waals surface area contributed by atoms with Crippen molar-refractivity contribution in [1.82, 2.24) is 0 Å². The van der Waals surface area contributed by atoms with Crippen molar-refractivity contribution in [2.24, 2.45) is 35.3 Å². The van der Waals surface area contributed by atoms with Crippen LogP contribution in [0.4, 0.5) is 0 Å². The van der Waals surface area contributed by atoms with E-state index in [9.17, 15) is 14.4 Å². The van der Waals surface area contributed by atoms with Gasteiger partial charge in [0, 0.05) is 6.04 Å². The van der Waals surface area contributed by atoms with E-state index in [1.54, 1.807) is 0 Å². The average Bonchev–Trinajstić information content (AvgIpc) is 2.87. The van der Waals surface area contributed by atoms with Gasteiger partial charge in [-0.1, -0.05) is 104 Å². The number of hydrogen-bond acceptors (Lipinski definition) is 5. The summed E-state index contributed by atoms with van der Waals surface area (Å²) >= 11 is 0. The molecule has 0 aromatic heterocycles. The summed E-state index contributed by atoms with van der Waals surface area (Å²) in [4.78, 5) is 32.8. The SMILES string of the molecule is COC(=O)C[C@@H](N)C[C@H](C)CCC1CCCCC1.C[C@H](CCC1CCCCC1)C[C@@H](CC(=O)O)C(=O)O. The summed E-state index contributed by atoms with van der Waals surface area (Å²) < 4.78 is 4.64. The van der Waals surface area contributed by atoms with E-state index < -0.39 is 17.9 Å². The Bertz CT molecular complexity index is 642. The molecule has 216 valence electrons. The molecule has 2 rings (SSSR count). The third-order valence-electron chi connectivity index (χ3n) is 8.40. The number of nitrogens with two attached hydrogens (primary N) is 1. The van der Waals surface area contributed by atoms with Gasteiger partial charge in [0.15, 0.2) is 0 Å². The maximum atomic E-state index is 11.1. The van der Waals surface area contributed by atoms with Gasteiger partial charge in [-0.05, 0) is 36.5 Å². The number of carboxylic acid groups (broad SMARTS) is 2. The molecule has 2 aliphatic carbocycles. The van der Waals surface area contributed by atoms with Crippen LogP contribution in [0, 0.1) is 29.6 Å². The van der Waals surface area contributed by atoms with E-state index in [2.05, 4.69) is 11.7 Å². The van der Waals surface area contributed by atoms with Crippen LogP contribution in [0.25, 0.3) is 0 Å². The van der Waals surface area contributed by atoms with Gasteiger partial charge in [0.05, 0.1) is 25.9 Å². The smallest absolute Gasteiger partial charge is 0.307 e. The third-order valence-corrected chi connectivity index (χ3v) is 8.40. The summed E-state index contributed by atoms with van der Waals surface area (Å²) in [6.07, 6.45) is 20.0. The van der Waals surface area contributed by atoms with Gasteiger partial charge in [-0.2, -0.15) is 0 Å². The first-order valence-electron chi connectivity index (χ1n) is 14.9. The van der Waals surface area contributed by atoms with E-state index in [4.69, 9.17) is 15.9 Å². The summed E-state index contributed by atoms with van der Waals surface area (Å²) in [6.45, 7) is 4.29. The topological polar surface area (TPSA) is 127 Å². The van der Waals surface area contributed by atoms with Gasteiger partial charge in [0.25, 0.3) is 0 Å². The lowest BCUT2D eigenvalue weighted by atomic mass is 9.82. The molecule has 0 saturated heterocycles. The predicted octanol–water partition coefficient (Wildman–Crippen LogP) is 6.81. The second-order valence-corrected chi connectivity index (χ2v) is 12.0. The number of carbonyl (C=O) groups excluding carboxylic acids is 1. The monoisotopic (exact) mass is 525 g/mol. The molecule has 0 heterocycles. The van der Waals surface area contributed by atoms with Crippen LogP contribution >= 0.6 is 0 Å². The number of hydrogen-bond donors (Lipinski definition) is 3. The van der Waals surface area contributed by atoms with Gasteiger partial charge in [-0.3, -0.25) is 14.4 Å². The van der Waals surface area contributed by atoms with E-state index in [0.717, 1.165) is 24.7 Å². The summed E-state index contributed by atoms with van der Waals surface area (Å²) in [6, 6.07) is -0.0428. The first kappa shape index (κ1) is 33.4. The second kappa shape index (κ2) is 19.4. The molecule has 0 unspecified atom stereocenters. The number of esters is 1. The van der Waals surface area contributed by atoms with Crippen LogP contribution in [0.5, 0.6) is 0 Å². The van der Waals surface area contributed by atoms with Crippen molar-refractivity contribution in [1.29, 1.82) is 0 Å². The lowest BCUT2D eigenvalue weighted by Gasteiger charge is -2.23. The van der Waals surface area contributed by atoms with E-state index in [1.807, 2.05) is 6.92 Å². The molecule has 2 fully saturated rings. The highest BCUT2D eigenvalue weighted by atomic mass is 16.5. The molecule has 2 aliphatic rings. The van der Waals surface area contributed by atoms with Crippen LogP contribution in [0.1, 0.15) is 129 Å². The predicted molar refractivity (Wildman–Crippen MR) is 147 cm³/mol. The van der Waals surface area contributed by atoms with E-state index in [-0.39, 0.29) is 18.4 Å². The minimum Gasteiger partial charge on any atom is -0.481 e. The molecule has 37 heavy (non-hydrogen) atoms. The molecule has 2 saturated carbocycles. The zero-order valence-corrected chi connectivity index (χ0v) is 23.8. The molecule has 0 aromatic rings. The largest absolute Gasteiger partial charge is 0.481 e. The van der Waals surface area contributed by atoms with Crippen LogP contribution < -0.4 is 5.73 Å². The van der Waals surface area contributed by atoms with Crippen LogP contribution in [-0.4, -0.2) is 41.3 Å². The number of carbonyl (C=O) groups is 3. The second-order valence-electron chi connectivity index (χ2n) is 12.0. The zero-order chi connectivity index (χ0) is 27.6. The molecule has 0 radical (unpaired) electrons. The Balaban J connectivity index is 0.000000371. The van der Waals surface area contributed by atoms with E-state index >= 15 is 0 Å². The van der Waals surface area contributed by atoms with Crippen molar-refractivity contribution in [2.45, 2.75) is 135 Å². The molecule has 0 amide bonds. The highest BCUT2D eigenvalue weighted by molar-refractivity contribution is 5.77. The Labute approximate surface area is 225 Å². The number of aliphatic carboxylic acids is 2. The van der Waals surface area contributed by atoms with Crippen LogP contribution in [0.3, 0.4) is 0 Å². The fraction of sp³-hybridized carbons (Fsp3) is 0.900. The van der Waals surface area contributed by atoms with Crippen molar-refractivity contribution in [3.63, 3.8) is 0 Å².